The highest BCUT2D eigenvalue weighted by Crippen LogP contribution is 2.12. The zero-order valence-corrected chi connectivity index (χ0v) is 8.66. The van der Waals surface area contributed by atoms with Gasteiger partial charge in [-0.1, -0.05) is 25.5 Å². The van der Waals surface area contributed by atoms with E-state index >= 15 is 0 Å². The molecule has 3 N–H and O–H groups in total. The number of carbonyl (C=O) groups excluding carboxylic acids is 1. The lowest BCUT2D eigenvalue weighted by atomic mass is 10.1. The van der Waals surface area contributed by atoms with Gasteiger partial charge in [0.1, 0.15) is 5.82 Å². The summed E-state index contributed by atoms with van der Waals surface area (Å²) in [5.41, 5.74) is 5.77. The number of nitrogens with one attached hydrogen (secondary N) is 1. The molecule has 0 unspecified atom stereocenters. The average molecular weight is 210 g/mol. The molecule has 1 rings (SSSR count). The normalized spacial score (nSPS) is 12.2. The van der Waals surface area contributed by atoms with Crippen molar-refractivity contribution in [3.05, 3.63) is 30.1 Å². The minimum Gasteiger partial charge on any atom is -0.322 e. The van der Waals surface area contributed by atoms with Gasteiger partial charge in [-0.3, -0.25) is 4.79 Å². The lowest BCUT2D eigenvalue weighted by molar-refractivity contribution is -0.117. The largest absolute Gasteiger partial charge is 0.322 e. The molecule has 4 heteroatoms. The molecule has 1 amide bonds. The highest BCUT2D eigenvalue weighted by atomic mass is 19.1. The first-order chi connectivity index (χ1) is 7.15. The van der Waals surface area contributed by atoms with Crippen LogP contribution in [0.5, 0.6) is 0 Å². The van der Waals surface area contributed by atoms with Gasteiger partial charge in [-0.25, -0.2) is 4.39 Å². The molecule has 3 nitrogen and oxygen atoms in total. The second kappa shape index (κ2) is 5.46. The van der Waals surface area contributed by atoms with E-state index in [0.717, 1.165) is 6.42 Å². The van der Waals surface area contributed by atoms with E-state index in [1.165, 1.54) is 12.1 Å². The van der Waals surface area contributed by atoms with Crippen molar-refractivity contribution >= 4 is 11.6 Å². The Balaban J connectivity index is 2.62. The van der Waals surface area contributed by atoms with Gasteiger partial charge in [0.15, 0.2) is 0 Å². The number of para-hydroxylation sites is 1. The van der Waals surface area contributed by atoms with Crippen molar-refractivity contribution in [2.45, 2.75) is 25.8 Å². The second-order valence-corrected chi connectivity index (χ2v) is 3.36. The molecule has 0 aliphatic heterocycles. The molecule has 0 radical (unpaired) electrons. The first kappa shape index (κ1) is 11.7. The summed E-state index contributed by atoms with van der Waals surface area (Å²) >= 11 is 0. The number of rotatable bonds is 4. The van der Waals surface area contributed by atoms with Crippen LogP contribution in [0, 0.1) is 5.82 Å². The van der Waals surface area contributed by atoms with Crippen LogP contribution < -0.4 is 11.1 Å². The van der Waals surface area contributed by atoms with Crippen LogP contribution in [-0.2, 0) is 4.79 Å². The van der Waals surface area contributed by atoms with Crippen LogP contribution in [0.15, 0.2) is 24.3 Å². The maximum Gasteiger partial charge on any atom is 0.241 e. The van der Waals surface area contributed by atoms with Crippen molar-refractivity contribution in [1.82, 2.24) is 0 Å². The molecule has 0 aliphatic rings. The molecular formula is C11H15FN2O. The van der Waals surface area contributed by atoms with Crippen molar-refractivity contribution < 1.29 is 9.18 Å². The SMILES string of the molecule is CCC[C@@H](N)C(=O)Nc1ccccc1F. The summed E-state index contributed by atoms with van der Waals surface area (Å²) in [5.74, 6) is -0.795. The van der Waals surface area contributed by atoms with Crippen molar-refractivity contribution in [1.29, 1.82) is 0 Å². The first-order valence-electron chi connectivity index (χ1n) is 4.96. The second-order valence-electron chi connectivity index (χ2n) is 3.36. The van der Waals surface area contributed by atoms with Crippen molar-refractivity contribution in [2.24, 2.45) is 5.73 Å². The standard InChI is InChI=1S/C11H15FN2O/c1-2-5-9(13)11(15)14-10-7-4-3-6-8(10)12/h3-4,6-7,9H,2,5,13H2,1H3,(H,14,15)/t9-/m1/s1. The first-order valence-corrected chi connectivity index (χ1v) is 4.96. The summed E-state index contributed by atoms with van der Waals surface area (Å²) in [6.45, 7) is 1.94. The van der Waals surface area contributed by atoms with Crippen LogP contribution in [-0.4, -0.2) is 11.9 Å². The minimum absolute atomic E-state index is 0.175. The number of hydrogen-bond donors (Lipinski definition) is 2. The molecule has 1 atom stereocenters. The fraction of sp³-hybridized carbons (Fsp3) is 0.364. The van der Waals surface area contributed by atoms with E-state index in [1.54, 1.807) is 12.1 Å². The number of anilines is 1. The Hall–Kier alpha value is -1.42. The fourth-order valence-electron chi connectivity index (χ4n) is 1.23. The Bertz CT molecular complexity index is 341. The zero-order valence-electron chi connectivity index (χ0n) is 8.66. The van der Waals surface area contributed by atoms with E-state index in [-0.39, 0.29) is 11.6 Å². The van der Waals surface area contributed by atoms with Crippen LogP contribution in [0.25, 0.3) is 0 Å². The van der Waals surface area contributed by atoms with Gasteiger partial charge >= 0.3 is 0 Å². The molecule has 1 aromatic carbocycles. The highest BCUT2D eigenvalue weighted by Gasteiger charge is 2.13. The summed E-state index contributed by atoms with van der Waals surface area (Å²) in [5, 5.41) is 2.46. The summed E-state index contributed by atoms with van der Waals surface area (Å²) in [6, 6.07) is 5.45. The predicted octanol–water partition coefficient (Wildman–Crippen LogP) is 1.89. The van der Waals surface area contributed by atoms with Gasteiger partial charge < -0.3 is 11.1 Å². The van der Waals surface area contributed by atoms with E-state index in [1.807, 2.05) is 6.92 Å². The van der Waals surface area contributed by atoms with Crippen molar-refractivity contribution in [3.63, 3.8) is 0 Å². The molecule has 1 aromatic rings. The van der Waals surface area contributed by atoms with E-state index in [0.29, 0.717) is 6.42 Å². The molecule has 0 saturated heterocycles. The quantitative estimate of drug-likeness (QED) is 0.797. The molecule has 0 heterocycles. The Morgan fingerprint density at radius 2 is 2.20 bits per heavy atom. The predicted molar refractivity (Wildman–Crippen MR) is 57.9 cm³/mol. The van der Waals surface area contributed by atoms with E-state index in [4.69, 9.17) is 5.73 Å². The highest BCUT2D eigenvalue weighted by molar-refractivity contribution is 5.94. The number of benzene rings is 1. The molecule has 82 valence electrons. The minimum atomic E-state index is -0.574. The summed E-state index contributed by atoms with van der Waals surface area (Å²) in [6.07, 6.45) is 1.42. The number of nitrogens with two attached hydrogens (primary N) is 1. The van der Waals surface area contributed by atoms with E-state index in [9.17, 15) is 9.18 Å². The zero-order chi connectivity index (χ0) is 11.3. The maximum atomic E-state index is 13.1. The molecule has 0 saturated carbocycles. The maximum absolute atomic E-state index is 13.1. The molecule has 0 fully saturated rings. The van der Waals surface area contributed by atoms with Gasteiger partial charge in [0, 0.05) is 0 Å². The molecule has 0 aromatic heterocycles. The monoisotopic (exact) mass is 210 g/mol. The van der Waals surface area contributed by atoms with Crippen LogP contribution in [0.2, 0.25) is 0 Å². The third-order valence-electron chi connectivity index (χ3n) is 2.07. The Morgan fingerprint density at radius 3 is 2.80 bits per heavy atom. The summed E-state index contributed by atoms with van der Waals surface area (Å²) in [4.78, 5) is 11.5. The molecule has 15 heavy (non-hydrogen) atoms. The topological polar surface area (TPSA) is 55.1 Å². The molecule has 0 bridgehead atoms. The lowest BCUT2D eigenvalue weighted by Gasteiger charge is -2.11. The van der Waals surface area contributed by atoms with Gasteiger partial charge in [0.05, 0.1) is 11.7 Å². The van der Waals surface area contributed by atoms with Gasteiger partial charge in [0.25, 0.3) is 0 Å². The number of amides is 1. The van der Waals surface area contributed by atoms with E-state index < -0.39 is 11.9 Å². The molecular weight excluding hydrogens is 195 g/mol. The van der Waals surface area contributed by atoms with Gasteiger partial charge in [-0.05, 0) is 18.6 Å². The number of hydrogen-bond acceptors (Lipinski definition) is 2. The van der Waals surface area contributed by atoms with Crippen LogP contribution >= 0.6 is 0 Å². The van der Waals surface area contributed by atoms with Crippen molar-refractivity contribution in [2.75, 3.05) is 5.32 Å². The third kappa shape index (κ3) is 3.32. The average Bonchev–Trinajstić information content (AvgIpc) is 2.21. The van der Waals surface area contributed by atoms with Gasteiger partial charge in [0.2, 0.25) is 5.91 Å². The summed E-state index contributed by atoms with van der Waals surface area (Å²) < 4.78 is 13.1. The summed E-state index contributed by atoms with van der Waals surface area (Å²) in [7, 11) is 0. The van der Waals surface area contributed by atoms with Crippen molar-refractivity contribution in [3.8, 4) is 0 Å². The smallest absolute Gasteiger partial charge is 0.241 e. The third-order valence-corrected chi connectivity index (χ3v) is 2.07. The van der Waals surface area contributed by atoms with Crippen LogP contribution in [0.1, 0.15) is 19.8 Å². The Morgan fingerprint density at radius 1 is 1.53 bits per heavy atom. The lowest BCUT2D eigenvalue weighted by Crippen LogP contribution is -2.35. The van der Waals surface area contributed by atoms with Gasteiger partial charge in [-0.2, -0.15) is 0 Å². The Labute approximate surface area is 88.5 Å². The molecule has 0 aliphatic carbocycles. The van der Waals surface area contributed by atoms with E-state index in [2.05, 4.69) is 5.32 Å². The number of halogens is 1. The number of carbonyl (C=O) groups is 1. The Kier molecular flexibility index (Phi) is 4.24. The molecule has 0 spiro atoms. The van der Waals surface area contributed by atoms with Crippen LogP contribution in [0.3, 0.4) is 0 Å². The van der Waals surface area contributed by atoms with Gasteiger partial charge in [-0.15, -0.1) is 0 Å². The van der Waals surface area contributed by atoms with Crippen LogP contribution in [0.4, 0.5) is 10.1 Å². The fourth-order valence-corrected chi connectivity index (χ4v) is 1.23.